The van der Waals surface area contributed by atoms with E-state index in [1.807, 2.05) is 0 Å². The molecule has 0 spiro atoms. The number of aliphatic hydroxyl groups excluding tert-OH is 3. The number of hydroxylamine groups is 1. The van der Waals surface area contributed by atoms with Crippen LogP contribution < -0.4 is 5.48 Å². The van der Waals surface area contributed by atoms with E-state index in [2.05, 4.69) is 16.7 Å². The lowest BCUT2D eigenvalue weighted by molar-refractivity contribution is -0.0843. The molecule has 2 aliphatic rings. The van der Waals surface area contributed by atoms with Gasteiger partial charge in [-0.25, -0.2) is 10.0 Å². The second-order valence-corrected chi connectivity index (χ2v) is 3.84. The maximum absolute atomic E-state index is 9.80. The summed E-state index contributed by atoms with van der Waals surface area (Å²) in [5.41, 5.74) is 1.81. The van der Waals surface area contributed by atoms with E-state index in [1.54, 1.807) is 5.48 Å². The number of hydrogen-bond donors (Lipinski definition) is 5. The smallest absolute Gasteiger partial charge is 0.181 e. The highest BCUT2D eigenvalue weighted by Gasteiger charge is 2.46. The monoisotopic (exact) mass is 258 g/mol. The van der Waals surface area contributed by atoms with Crippen molar-refractivity contribution in [2.45, 2.75) is 24.5 Å². The largest absolute Gasteiger partial charge is 0.394 e. The van der Waals surface area contributed by atoms with Gasteiger partial charge in [0.05, 0.1) is 12.8 Å². The molecular formula is C9H14N4O5. The van der Waals surface area contributed by atoms with Crippen LogP contribution in [-0.4, -0.2) is 68.7 Å². The zero-order valence-electron chi connectivity index (χ0n) is 9.34. The maximum atomic E-state index is 9.80. The first-order valence-electron chi connectivity index (χ1n) is 5.22. The van der Waals surface area contributed by atoms with Crippen molar-refractivity contribution in [3.63, 3.8) is 0 Å². The highest BCUT2D eigenvalue weighted by atomic mass is 16.6. The van der Waals surface area contributed by atoms with E-state index in [0.29, 0.717) is 0 Å². The van der Waals surface area contributed by atoms with Gasteiger partial charge in [0, 0.05) is 0 Å². The molecule has 2 rings (SSSR count). The molecule has 0 radical (unpaired) electrons. The molecule has 4 atom stereocenters. The summed E-state index contributed by atoms with van der Waals surface area (Å²) in [6.07, 6.45) is -3.16. The summed E-state index contributed by atoms with van der Waals surface area (Å²) in [4.78, 5) is 3.84. The Labute approximate surface area is 102 Å². The van der Waals surface area contributed by atoms with Crippen LogP contribution in [0.2, 0.25) is 0 Å². The molecule has 1 fully saturated rings. The summed E-state index contributed by atoms with van der Waals surface area (Å²) in [5.74, 6) is 0.201. The number of aliphatic imine (C=N–C) groups is 1. The molecule has 0 aromatic carbocycles. The van der Waals surface area contributed by atoms with E-state index in [0.717, 1.165) is 5.01 Å². The van der Waals surface area contributed by atoms with Gasteiger partial charge in [-0.2, -0.15) is 5.10 Å². The Morgan fingerprint density at radius 1 is 1.44 bits per heavy atom. The molecule has 0 amide bonds. The zero-order valence-corrected chi connectivity index (χ0v) is 9.34. The van der Waals surface area contributed by atoms with Crippen molar-refractivity contribution in [1.29, 1.82) is 0 Å². The van der Waals surface area contributed by atoms with E-state index in [-0.39, 0.29) is 11.7 Å². The Morgan fingerprint density at radius 3 is 2.67 bits per heavy atom. The fourth-order valence-corrected chi connectivity index (χ4v) is 1.75. The highest BCUT2D eigenvalue weighted by molar-refractivity contribution is 6.29. The van der Waals surface area contributed by atoms with Crippen molar-refractivity contribution in [2.75, 3.05) is 6.61 Å². The topological polar surface area (TPSA) is 130 Å². The Bertz CT molecular complexity index is 398. The van der Waals surface area contributed by atoms with Crippen molar-refractivity contribution in [3.8, 4) is 0 Å². The molecule has 0 aromatic rings. The van der Waals surface area contributed by atoms with Gasteiger partial charge in [-0.3, -0.25) is 10.7 Å². The van der Waals surface area contributed by atoms with Crippen LogP contribution in [0.5, 0.6) is 0 Å². The molecule has 1 saturated heterocycles. The number of aliphatic hydroxyl groups is 3. The van der Waals surface area contributed by atoms with Gasteiger partial charge in [-0.15, -0.1) is 0 Å². The van der Waals surface area contributed by atoms with Crippen molar-refractivity contribution >= 4 is 12.1 Å². The van der Waals surface area contributed by atoms with Gasteiger partial charge in [0.2, 0.25) is 0 Å². The van der Waals surface area contributed by atoms with E-state index in [4.69, 9.17) is 15.1 Å². The van der Waals surface area contributed by atoms with Gasteiger partial charge in [0.1, 0.15) is 24.1 Å². The van der Waals surface area contributed by atoms with E-state index in [1.165, 1.54) is 6.21 Å². The summed E-state index contributed by atoms with van der Waals surface area (Å²) in [5, 5.41) is 42.1. The van der Waals surface area contributed by atoms with Gasteiger partial charge >= 0.3 is 0 Å². The second kappa shape index (κ2) is 5.00. The van der Waals surface area contributed by atoms with Crippen molar-refractivity contribution < 1.29 is 25.3 Å². The van der Waals surface area contributed by atoms with Gasteiger partial charge in [0.25, 0.3) is 0 Å². The van der Waals surface area contributed by atoms with E-state index in [9.17, 15) is 10.2 Å². The number of hydrazone groups is 1. The predicted octanol–water partition coefficient (Wildman–Crippen LogP) is -2.42. The van der Waals surface area contributed by atoms with Crippen LogP contribution in [0.15, 0.2) is 22.5 Å². The number of ether oxygens (including phenoxy) is 1. The second-order valence-electron chi connectivity index (χ2n) is 3.84. The summed E-state index contributed by atoms with van der Waals surface area (Å²) < 4.78 is 5.26. The third kappa shape index (κ3) is 2.09. The lowest BCUT2D eigenvalue weighted by atomic mass is 10.1. The summed E-state index contributed by atoms with van der Waals surface area (Å²) in [6, 6.07) is 0. The van der Waals surface area contributed by atoms with Crippen LogP contribution in [0, 0.1) is 0 Å². The Balaban J connectivity index is 2.13. The number of rotatable bonds is 2. The third-order valence-corrected chi connectivity index (χ3v) is 2.69. The minimum absolute atomic E-state index is 0.0861. The lowest BCUT2D eigenvalue weighted by Crippen LogP contribution is -2.42. The Kier molecular flexibility index (Phi) is 3.59. The molecule has 0 bridgehead atoms. The molecule has 0 aliphatic carbocycles. The average molecular weight is 258 g/mol. The minimum atomic E-state index is -1.25. The van der Waals surface area contributed by atoms with Crippen LogP contribution in [-0.2, 0) is 4.74 Å². The standard InChI is InChI=1S/C9H14N4O5/c1-4-11-6(12-17)2-10-13(4)9-8(16)7(15)5(3-14)18-9/h2,5,7-9,14-17H,1,3H2,(H,11,12)/t5-,7?,8+,9-/m1/s1. The number of nitrogens with zero attached hydrogens (tertiary/aromatic N) is 3. The van der Waals surface area contributed by atoms with Crippen LogP contribution >= 0.6 is 0 Å². The SMILES string of the molecule is C=C1N=C(NO)C=NN1[C@@H]1O[C@H](CO)C(O)[C@@H]1O. The normalized spacial score (nSPS) is 35.9. The molecule has 5 N–H and O–H groups in total. The first kappa shape index (κ1) is 12.9. The summed E-state index contributed by atoms with van der Waals surface area (Å²) >= 11 is 0. The van der Waals surface area contributed by atoms with Crippen molar-refractivity contribution in [2.24, 2.45) is 10.1 Å². The molecule has 1 unspecified atom stereocenters. The molecule has 0 saturated carbocycles. The minimum Gasteiger partial charge on any atom is -0.394 e. The number of nitrogens with one attached hydrogen (secondary N) is 1. The first-order valence-corrected chi connectivity index (χ1v) is 5.22. The van der Waals surface area contributed by atoms with E-state index >= 15 is 0 Å². The molecule has 18 heavy (non-hydrogen) atoms. The molecule has 2 heterocycles. The van der Waals surface area contributed by atoms with E-state index < -0.39 is 31.1 Å². The zero-order chi connectivity index (χ0) is 13.3. The van der Waals surface area contributed by atoms with Crippen molar-refractivity contribution in [1.82, 2.24) is 10.5 Å². The lowest BCUT2D eigenvalue weighted by Gasteiger charge is -2.28. The molecule has 9 nitrogen and oxygen atoms in total. The van der Waals surface area contributed by atoms with Gasteiger partial charge in [0.15, 0.2) is 12.1 Å². The van der Waals surface area contributed by atoms with Crippen molar-refractivity contribution in [3.05, 3.63) is 12.4 Å². The van der Waals surface area contributed by atoms with Crippen LogP contribution in [0.4, 0.5) is 0 Å². The predicted molar refractivity (Wildman–Crippen MR) is 59.6 cm³/mol. The molecule has 0 aromatic heterocycles. The summed E-state index contributed by atoms with van der Waals surface area (Å²) in [7, 11) is 0. The third-order valence-electron chi connectivity index (χ3n) is 2.69. The highest BCUT2D eigenvalue weighted by Crippen LogP contribution is 2.27. The molecule has 2 aliphatic heterocycles. The fourth-order valence-electron chi connectivity index (χ4n) is 1.75. The van der Waals surface area contributed by atoms with Crippen LogP contribution in [0.1, 0.15) is 0 Å². The van der Waals surface area contributed by atoms with Gasteiger partial charge in [-0.05, 0) is 0 Å². The quantitative estimate of drug-likeness (QED) is 0.348. The van der Waals surface area contributed by atoms with Gasteiger partial charge in [-0.1, -0.05) is 6.58 Å². The number of amidine groups is 1. The van der Waals surface area contributed by atoms with Crippen LogP contribution in [0.25, 0.3) is 0 Å². The first-order chi connectivity index (χ1) is 8.58. The summed E-state index contributed by atoms with van der Waals surface area (Å²) in [6.45, 7) is 3.16. The molecule has 9 heteroatoms. The Hall–Kier alpha value is -1.52. The Morgan fingerprint density at radius 2 is 2.17 bits per heavy atom. The molecule has 100 valence electrons. The fraction of sp³-hybridized carbons (Fsp3) is 0.556. The van der Waals surface area contributed by atoms with Crippen LogP contribution in [0.3, 0.4) is 0 Å². The number of hydrogen-bond acceptors (Lipinski definition) is 9. The average Bonchev–Trinajstić information content (AvgIpc) is 2.66. The van der Waals surface area contributed by atoms with Gasteiger partial charge < -0.3 is 20.1 Å². The molecular weight excluding hydrogens is 244 g/mol. The maximum Gasteiger partial charge on any atom is 0.181 e.